The van der Waals surface area contributed by atoms with E-state index in [4.69, 9.17) is 4.74 Å². The van der Waals surface area contributed by atoms with Gasteiger partial charge in [0.05, 0.1) is 0 Å². The Morgan fingerprint density at radius 1 is 0.909 bits per heavy atom. The first-order valence-corrected chi connectivity index (χ1v) is 7.86. The summed E-state index contributed by atoms with van der Waals surface area (Å²) in [5, 5.41) is 6.20. The van der Waals surface area contributed by atoms with E-state index < -0.39 is 0 Å². The average Bonchev–Trinajstić information content (AvgIpc) is 2.61. The lowest BCUT2D eigenvalue weighted by Crippen LogP contribution is -2.34. The molecule has 22 heavy (non-hydrogen) atoms. The van der Waals surface area contributed by atoms with Crippen LogP contribution in [0.25, 0.3) is 10.8 Å². The summed E-state index contributed by atoms with van der Waals surface area (Å²) < 4.78 is 6.25. The van der Waals surface area contributed by atoms with Gasteiger partial charge in [-0.25, -0.2) is 0 Å². The average molecular weight is 289 g/mol. The van der Waals surface area contributed by atoms with Crippen molar-refractivity contribution in [2.24, 2.45) is 0 Å². The van der Waals surface area contributed by atoms with E-state index in [2.05, 4.69) is 72.9 Å². The van der Waals surface area contributed by atoms with E-state index in [0.717, 1.165) is 12.2 Å². The molecule has 1 N–H and O–H groups in total. The Labute approximate surface area is 130 Å². The van der Waals surface area contributed by atoms with E-state index in [1.807, 2.05) is 6.07 Å². The predicted octanol–water partition coefficient (Wildman–Crippen LogP) is 4.97. The molecule has 0 fully saturated rings. The highest BCUT2D eigenvalue weighted by Crippen LogP contribution is 2.40. The number of hydrogen-bond acceptors (Lipinski definition) is 2. The highest BCUT2D eigenvalue weighted by Gasteiger charge is 2.28. The Balaban J connectivity index is 1.83. The zero-order chi connectivity index (χ0) is 14.9. The van der Waals surface area contributed by atoms with Crippen molar-refractivity contribution in [2.45, 2.75) is 25.6 Å². The van der Waals surface area contributed by atoms with Gasteiger partial charge < -0.3 is 4.74 Å². The number of benzene rings is 3. The smallest absolute Gasteiger partial charge is 0.177 e. The number of hydrogen-bond donors (Lipinski definition) is 1. The van der Waals surface area contributed by atoms with E-state index in [1.165, 1.54) is 21.9 Å². The van der Waals surface area contributed by atoms with Gasteiger partial charge in [0, 0.05) is 17.2 Å². The molecule has 1 aliphatic heterocycles. The molecule has 110 valence electrons. The van der Waals surface area contributed by atoms with Crippen molar-refractivity contribution >= 4 is 10.8 Å². The van der Waals surface area contributed by atoms with Gasteiger partial charge in [-0.2, -0.15) is 0 Å². The SMILES string of the molecule is CCC1NC(c2ccccc2)Oc2ccc3ccccc3c21. The van der Waals surface area contributed by atoms with Gasteiger partial charge in [0.25, 0.3) is 0 Å². The van der Waals surface area contributed by atoms with Crippen LogP contribution in [0.15, 0.2) is 66.7 Å². The fourth-order valence-electron chi connectivity index (χ4n) is 3.28. The van der Waals surface area contributed by atoms with Crippen LogP contribution in [-0.2, 0) is 0 Å². The highest BCUT2D eigenvalue weighted by atomic mass is 16.5. The van der Waals surface area contributed by atoms with E-state index >= 15 is 0 Å². The summed E-state index contributed by atoms with van der Waals surface area (Å²) in [6, 6.07) is 23.4. The van der Waals surface area contributed by atoms with E-state index in [-0.39, 0.29) is 6.23 Å². The molecule has 1 aliphatic rings. The Morgan fingerprint density at radius 2 is 1.68 bits per heavy atom. The minimum absolute atomic E-state index is 0.0835. The molecular weight excluding hydrogens is 270 g/mol. The highest BCUT2D eigenvalue weighted by molar-refractivity contribution is 5.88. The second kappa shape index (κ2) is 5.47. The van der Waals surface area contributed by atoms with E-state index in [9.17, 15) is 0 Å². The quantitative estimate of drug-likeness (QED) is 0.719. The van der Waals surface area contributed by atoms with Gasteiger partial charge in [0.15, 0.2) is 6.23 Å². The van der Waals surface area contributed by atoms with Gasteiger partial charge in [-0.15, -0.1) is 0 Å². The lowest BCUT2D eigenvalue weighted by atomic mass is 9.94. The van der Waals surface area contributed by atoms with Crippen LogP contribution in [0.1, 0.15) is 36.7 Å². The van der Waals surface area contributed by atoms with Gasteiger partial charge in [0.1, 0.15) is 5.75 Å². The van der Waals surface area contributed by atoms with Crippen molar-refractivity contribution in [1.29, 1.82) is 0 Å². The molecule has 0 amide bonds. The van der Waals surface area contributed by atoms with Crippen LogP contribution in [0.4, 0.5) is 0 Å². The van der Waals surface area contributed by atoms with Crippen LogP contribution in [0.5, 0.6) is 5.75 Å². The molecule has 0 radical (unpaired) electrons. The molecule has 3 aromatic rings. The summed E-state index contributed by atoms with van der Waals surface area (Å²) in [7, 11) is 0. The molecule has 0 spiro atoms. The Morgan fingerprint density at radius 3 is 2.50 bits per heavy atom. The molecule has 3 aromatic carbocycles. The standard InChI is InChI=1S/C20H19NO/c1-2-17-19-16-11-7-6-8-14(16)12-13-18(19)22-20(21-17)15-9-4-3-5-10-15/h3-13,17,20-21H,2H2,1H3. The molecule has 2 nitrogen and oxygen atoms in total. The first-order chi connectivity index (χ1) is 10.9. The van der Waals surface area contributed by atoms with Gasteiger partial charge in [-0.05, 0) is 23.3 Å². The number of ether oxygens (including phenoxy) is 1. The molecule has 0 saturated carbocycles. The largest absolute Gasteiger partial charge is 0.471 e. The first-order valence-electron chi connectivity index (χ1n) is 7.86. The van der Waals surface area contributed by atoms with Crippen molar-refractivity contribution < 1.29 is 4.74 Å². The fraction of sp³-hybridized carbons (Fsp3) is 0.200. The molecule has 2 unspecified atom stereocenters. The maximum atomic E-state index is 6.25. The monoisotopic (exact) mass is 289 g/mol. The Hall–Kier alpha value is -2.32. The summed E-state index contributed by atoms with van der Waals surface area (Å²) in [5.74, 6) is 0.998. The Kier molecular flexibility index (Phi) is 3.32. The molecule has 2 atom stereocenters. The van der Waals surface area contributed by atoms with Crippen molar-refractivity contribution in [2.75, 3.05) is 0 Å². The predicted molar refractivity (Wildman–Crippen MR) is 89.9 cm³/mol. The normalized spacial score (nSPS) is 20.4. The van der Waals surface area contributed by atoms with Crippen molar-refractivity contribution in [3.8, 4) is 5.75 Å². The molecule has 0 bridgehead atoms. The summed E-state index contributed by atoms with van der Waals surface area (Å²) in [6.45, 7) is 2.22. The number of fused-ring (bicyclic) bond motifs is 3. The molecule has 0 aliphatic carbocycles. The van der Waals surface area contributed by atoms with Crippen LogP contribution < -0.4 is 10.1 Å². The van der Waals surface area contributed by atoms with Gasteiger partial charge in [0.2, 0.25) is 0 Å². The van der Waals surface area contributed by atoms with Crippen LogP contribution in [0.2, 0.25) is 0 Å². The van der Waals surface area contributed by atoms with Crippen LogP contribution in [-0.4, -0.2) is 0 Å². The molecule has 1 heterocycles. The molecule has 0 saturated heterocycles. The van der Waals surface area contributed by atoms with Crippen molar-refractivity contribution in [3.05, 3.63) is 77.9 Å². The molecule has 4 rings (SSSR count). The third-order valence-electron chi connectivity index (χ3n) is 4.39. The summed E-state index contributed by atoms with van der Waals surface area (Å²) in [6.07, 6.45) is 0.952. The molecular formula is C20H19NO. The maximum absolute atomic E-state index is 6.25. The third-order valence-corrected chi connectivity index (χ3v) is 4.39. The number of nitrogens with one attached hydrogen (secondary N) is 1. The van der Waals surface area contributed by atoms with Crippen LogP contribution in [0, 0.1) is 0 Å². The van der Waals surface area contributed by atoms with Crippen LogP contribution >= 0.6 is 0 Å². The van der Waals surface area contributed by atoms with Gasteiger partial charge >= 0.3 is 0 Å². The summed E-state index contributed by atoms with van der Waals surface area (Å²) in [5.41, 5.74) is 2.45. The minimum atomic E-state index is -0.0835. The molecule has 2 heteroatoms. The summed E-state index contributed by atoms with van der Waals surface area (Å²) in [4.78, 5) is 0. The zero-order valence-electron chi connectivity index (χ0n) is 12.6. The second-order valence-electron chi connectivity index (χ2n) is 5.73. The summed E-state index contributed by atoms with van der Waals surface area (Å²) >= 11 is 0. The van der Waals surface area contributed by atoms with E-state index in [0.29, 0.717) is 6.04 Å². The number of rotatable bonds is 2. The van der Waals surface area contributed by atoms with Crippen LogP contribution in [0.3, 0.4) is 0 Å². The Bertz CT molecular complexity index is 797. The van der Waals surface area contributed by atoms with Gasteiger partial charge in [-0.1, -0.05) is 67.6 Å². The van der Waals surface area contributed by atoms with E-state index in [1.54, 1.807) is 0 Å². The van der Waals surface area contributed by atoms with Gasteiger partial charge in [-0.3, -0.25) is 5.32 Å². The lowest BCUT2D eigenvalue weighted by molar-refractivity contribution is 0.124. The fourth-order valence-corrected chi connectivity index (χ4v) is 3.28. The zero-order valence-corrected chi connectivity index (χ0v) is 12.6. The second-order valence-corrected chi connectivity index (χ2v) is 5.73. The minimum Gasteiger partial charge on any atom is -0.471 e. The molecule has 0 aromatic heterocycles. The van der Waals surface area contributed by atoms with Crippen molar-refractivity contribution in [1.82, 2.24) is 5.32 Å². The topological polar surface area (TPSA) is 21.3 Å². The maximum Gasteiger partial charge on any atom is 0.177 e. The lowest BCUT2D eigenvalue weighted by Gasteiger charge is -2.34. The van der Waals surface area contributed by atoms with Crippen molar-refractivity contribution in [3.63, 3.8) is 0 Å². The third kappa shape index (κ3) is 2.16. The first kappa shape index (κ1) is 13.4.